The third-order valence-electron chi connectivity index (χ3n) is 16.1. The van der Waals surface area contributed by atoms with Crippen LogP contribution in [0.5, 0.6) is 0 Å². The first-order chi connectivity index (χ1) is 38.9. The summed E-state index contributed by atoms with van der Waals surface area (Å²) in [6.07, 6.45) is 2.94. The first-order valence-electron chi connectivity index (χ1n) is 30.9. The SMILES string of the molecule is CCCCCCCCCCCCCCCCCCCCC(=O)NC(COC1OC(CO)C(OC2OC(CO)C(O)C(OC3(C(=O)O)CC(O)C(NC(C)=O)C(C(O)C(O)CO)O3)C2O)C(O)C1O)C(O)CCCCCCCCCCC. The number of carbonyl (C=O) groups excluding carboxylic acids is 2. The van der Waals surface area contributed by atoms with Crippen molar-refractivity contribution in [1.82, 2.24) is 10.6 Å². The largest absolute Gasteiger partial charge is 0.477 e. The molecule has 3 aliphatic rings. The van der Waals surface area contributed by atoms with Gasteiger partial charge in [0.2, 0.25) is 11.8 Å². The predicted octanol–water partition coefficient (Wildman–Crippen LogP) is 3.00. The Labute approximate surface area is 480 Å². The topological polar surface area (TPSA) is 373 Å². The van der Waals surface area contributed by atoms with Crippen LogP contribution >= 0.6 is 0 Å². The van der Waals surface area contributed by atoms with Gasteiger partial charge in [0.25, 0.3) is 5.79 Å². The van der Waals surface area contributed by atoms with Crippen molar-refractivity contribution in [3.05, 3.63) is 0 Å². The third kappa shape index (κ3) is 25.3. The standard InChI is InChI=1S/C58H108N2O21/c1-4-6-8-10-12-14-15-16-17-18-19-20-21-22-24-26-28-30-32-45(68)60-39(40(65)31-29-27-25-23-13-11-9-7-5-2)37-76-55-50(72)49(71)52(44(36-63)78-55)79-56-51(73)54(48(70)43(35-62)77-56)81-58(57(74)75)33-41(66)46(59-38(3)64)53(80-58)47(69)42(67)34-61/h39-44,46-56,61-63,65-67,69-73H,4-37H2,1-3H3,(H,59,64)(H,60,68)(H,74,75). The maximum absolute atomic E-state index is 13.4. The molecule has 0 aromatic carbocycles. The normalized spacial score (nSPS) is 30.4. The maximum atomic E-state index is 13.4. The van der Waals surface area contributed by atoms with Crippen LogP contribution in [0.4, 0.5) is 0 Å². The molecule has 0 spiro atoms. The van der Waals surface area contributed by atoms with E-state index in [1.165, 1.54) is 116 Å². The van der Waals surface area contributed by atoms with Gasteiger partial charge in [-0.3, -0.25) is 9.59 Å². The van der Waals surface area contributed by atoms with Crippen molar-refractivity contribution in [2.45, 2.75) is 323 Å². The first kappa shape index (κ1) is 73.0. The van der Waals surface area contributed by atoms with Crippen molar-refractivity contribution in [1.29, 1.82) is 0 Å². The quantitative estimate of drug-likeness (QED) is 0.0390. The molecule has 2 amide bonds. The molecule has 3 saturated heterocycles. The van der Waals surface area contributed by atoms with Crippen LogP contribution in [0, 0.1) is 0 Å². The highest BCUT2D eigenvalue weighted by atomic mass is 16.8. The molecule has 23 heteroatoms. The number of amides is 2. The van der Waals surface area contributed by atoms with Crippen molar-refractivity contribution in [2.75, 3.05) is 26.4 Å². The summed E-state index contributed by atoms with van der Waals surface area (Å²) in [6.45, 7) is 2.15. The van der Waals surface area contributed by atoms with Crippen molar-refractivity contribution in [3.63, 3.8) is 0 Å². The van der Waals surface area contributed by atoms with Crippen LogP contribution in [0.3, 0.4) is 0 Å². The third-order valence-corrected chi connectivity index (χ3v) is 16.1. The van der Waals surface area contributed by atoms with E-state index in [0.717, 1.165) is 51.9 Å². The number of aliphatic hydroxyl groups excluding tert-OH is 11. The van der Waals surface area contributed by atoms with Gasteiger partial charge in [-0.25, -0.2) is 4.79 Å². The molecular formula is C58H108N2O21. The Morgan fingerprint density at radius 2 is 1.07 bits per heavy atom. The van der Waals surface area contributed by atoms with E-state index in [2.05, 4.69) is 24.5 Å². The number of ether oxygens (including phenoxy) is 6. The summed E-state index contributed by atoms with van der Waals surface area (Å²) < 4.78 is 34.7. The van der Waals surface area contributed by atoms with Crippen LogP contribution in [-0.2, 0) is 42.8 Å². The van der Waals surface area contributed by atoms with Crippen LogP contribution in [0.25, 0.3) is 0 Å². The monoisotopic (exact) mass is 1170 g/mol. The molecule has 23 nitrogen and oxygen atoms in total. The van der Waals surface area contributed by atoms with Gasteiger partial charge in [-0.15, -0.1) is 0 Å². The van der Waals surface area contributed by atoms with Crippen LogP contribution in [0.15, 0.2) is 0 Å². The highest BCUT2D eigenvalue weighted by molar-refractivity contribution is 5.77. The molecule has 18 atom stereocenters. The second-order valence-corrected chi connectivity index (χ2v) is 22.9. The van der Waals surface area contributed by atoms with E-state index in [-0.39, 0.29) is 18.9 Å². The van der Waals surface area contributed by atoms with Gasteiger partial charge >= 0.3 is 5.97 Å². The van der Waals surface area contributed by atoms with E-state index in [1.807, 2.05) is 0 Å². The fourth-order valence-corrected chi connectivity index (χ4v) is 11.1. The van der Waals surface area contributed by atoms with Gasteiger partial charge in [0.15, 0.2) is 12.6 Å². The van der Waals surface area contributed by atoms with Crippen LogP contribution in [0.2, 0.25) is 0 Å². The summed E-state index contributed by atoms with van der Waals surface area (Å²) in [4.78, 5) is 38.4. The number of aliphatic carboxylic acids is 1. The van der Waals surface area contributed by atoms with Gasteiger partial charge in [0.1, 0.15) is 67.1 Å². The number of unbranched alkanes of at least 4 members (excludes halogenated alkanes) is 25. The number of hydrogen-bond acceptors (Lipinski definition) is 20. The Kier molecular flexibility index (Phi) is 36.9. The van der Waals surface area contributed by atoms with E-state index in [4.69, 9.17) is 28.4 Å². The van der Waals surface area contributed by atoms with Gasteiger partial charge in [0.05, 0.1) is 50.7 Å². The van der Waals surface area contributed by atoms with Gasteiger partial charge in [-0.1, -0.05) is 181 Å². The second kappa shape index (κ2) is 40.9. The van der Waals surface area contributed by atoms with Gasteiger partial charge in [-0.2, -0.15) is 0 Å². The van der Waals surface area contributed by atoms with Crippen LogP contribution in [-0.4, -0.2) is 215 Å². The number of hydrogen-bond donors (Lipinski definition) is 14. The molecule has 0 saturated carbocycles. The predicted molar refractivity (Wildman–Crippen MR) is 297 cm³/mol. The van der Waals surface area contributed by atoms with Crippen LogP contribution in [0.1, 0.15) is 213 Å². The summed E-state index contributed by atoms with van der Waals surface area (Å²) >= 11 is 0. The molecule has 476 valence electrons. The minimum absolute atomic E-state index is 0.228. The van der Waals surface area contributed by atoms with E-state index >= 15 is 0 Å². The number of carboxylic acids is 1. The fourth-order valence-electron chi connectivity index (χ4n) is 11.1. The van der Waals surface area contributed by atoms with Gasteiger partial charge in [-0.05, 0) is 12.8 Å². The van der Waals surface area contributed by atoms with Crippen molar-refractivity contribution in [3.8, 4) is 0 Å². The summed E-state index contributed by atoms with van der Waals surface area (Å²) in [5.41, 5.74) is 0. The average molecular weight is 1170 g/mol. The maximum Gasteiger partial charge on any atom is 0.364 e. The Bertz CT molecular complexity index is 1670. The van der Waals surface area contributed by atoms with E-state index in [9.17, 15) is 75.7 Å². The minimum Gasteiger partial charge on any atom is -0.477 e. The number of rotatable bonds is 45. The summed E-state index contributed by atoms with van der Waals surface area (Å²) in [6, 6.07) is -2.52. The Morgan fingerprint density at radius 3 is 1.54 bits per heavy atom. The molecule has 14 N–H and O–H groups in total. The second-order valence-electron chi connectivity index (χ2n) is 22.9. The molecule has 81 heavy (non-hydrogen) atoms. The molecule has 3 rings (SSSR count). The summed E-state index contributed by atoms with van der Waals surface area (Å²) in [7, 11) is 0. The van der Waals surface area contributed by atoms with E-state index in [1.54, 1.807) is 0 Å². The molecule has 0 aromatic rings. The first-order valence-corrected chi connectivity index (χ1v) is 30.9. The highest BCUT2D eigenvalue weighted by Gasteiger charge is 2.60. The van der Waals surface area contributed by atoms with Crippen molar-refractivity contribution >= 4 is 17.8 Å². The lowest BCUT2D eigenvalue weighted by Gasteiger charge is -2.50. The van der Waals surface area contributed by atoms with Gasteiger partial charge in [0, 0.05) is 19.8 Å². The molecule has 18 unspecified atom stereocenters. The summed E-state index contributed by atoms with van der Waals surface area (Å²) in [5.74, 6) is -6.10. The van der Waals surface area contributed by atoms with Crippen molar-refractivity contribution < 1.29 is 104 Å². The molecule has 0 aromatic heterocycles. The average Bonchev–Trinajstić information content (AvgIpc) is 3.44. The lowest BCUT2D eigenvalue weighted by molar-refractivity contribution is -0.386. The molecule has 0 bridgehead atoms. The van der Waals surface area contributed by atoms with Crippen molar-refractivity contribution in [2.24, 2.45) is 0 Å². The smallest absolute Gasteiger partial charge is 0.364 e. The Balaban J connectivity index is 1.62. The number of nitrogens with one attached hydrogen (secondary N) is 2. The highest BCUT2D eigenvalue weighted by Crippen LogP contribution is 2.38. The van der Waals surface area contributed by atoms with E-state index < -0.39 is 148 Å². The Hall–Kier alpha value is -2.27. The fraction of sp³-hybridized carbons (Fsp3) is 0.948. The molecular weight excluding hydrogens is 1060 g/mol. The van der Waals surface area contributed by atoms with E-state index in [0.29, 0.717) is 19.3 Å². The number of aliphatic hydroxyl groups is 11. The summed E-state index contributed by atoms with van der Waals surface area (Å²) in [5, 5.41) is 135. The molecule has 3 aliphatic heterocycles. The molecule has 0 radical (unpaired) electrons. The zero-order valence-electron chi connectivity index (χ0n) is 48.9. The molecule has 3 fully saturated rings. The lowest BCUT2D eigenvalue weighted by atomic mass is 9.88. The molecule has 3 heterocycles. The lowest BCUT2D eigenvalue weighted by Crippen LogP contribution is -2.70. The zero-order chi connectivity index (χ0) is 59.7. The minimum atomic E-state index is -3.07. The van der Waals surface area contributed by atoms with Gasteiger partial charge < -0.3 is 100 Å². The van der Waals surface area contributed by atoms with Crippen LogP contribution < -0.4 is 10.6 Å². The molecule has 0 aliphatic carbocycles. The Morgan fingerprint density at radius 1 is 0.593 bits per heavy atom. The number of carboxylic acid groups (broad SMARTS) is 1. The number of carbonyl (C=O) groups is 3. The zero-order valence-corrected chi connectivity index (χ0v) is 48.9.